The van der Waals surface area contributed by atoms with E-state index in [0.717, 1.165) is 4.88 Å². The van der Waals surface area contributed by atoms with E-state index in [-0.39, 0.29) is 17.9 Å². The number of thiophene rings is 1. The topological polar surface area (TPSA) is 62.1 Å². The average molecular weight is 252 g/mol. The van der Waals surface area contributed by atoms with Gasteiger partial charge in [-0.15, -0.1) is 11.3 Å². The molecule has 0 aliphatic carbocycles. The summed E-state index contributed by atoms with van der Waals surface area (Å²) in [4.78, 5) is 13.2. The summed E-state index contributed by atoms with van der Waals surface area (Å²) in [7, 11) is 1.39. The van der Waals surface area contributed by atoms with Crippen LogP contribution in [0.25, 0.3) is 0 Å². The summed E-state index contributed by atoms with van der Waals surface area (Å²) in [6.45, 7) is 4.50. The molecule has 0 radical (unpaired) electrons. The minimum absolute atomic E-state index is 0.165. The van der Waals surface area contributed by atoms with Crippen molar-refractivity contribution in [1.82, 2.24) is 5.32 Å². The SMILES string of the molecule is COC(=O)[C@@H](NCc1ccc(C#N)s1)C(C)C. The van der Waals surface area contributed by atoms with Crippen molar-refractivity contribution >= 4 is 17.3 Å². The highest BCUT2D eigenvalue weighted by atomic mass is 32.1. The van der Waals surface area contributed by atoms with Gasteiger partial charge in [-0.1, -0.05) is 13.8 Å². The fraction of sp³-hybridized carbons (Fsp3) is 0.500. The van der Waals surface area contributed by atoms with E-state index >= 15 is 0 Å². The molecule has 1 atom stereocenters. The number of rotatable bonds is 5. The number of carbonyl (C=O) groups excluding carboxylic acids is 1. The molecular formula is C12H16N2O2S. The van der Waals surface area contributed by atoms with Crippen LogP contribution < -0.4 is 5.32 Å². The first-order chi connectivity index (χ1) is 8.08. The van der Waals surface area contributed by atoms with Crippen molar-refractivity contribution in [2.45, 2.75) is 26.4 Å². The van der Waals surface area contributed by atoms with Gasteiger partial charge in [0, 0.05) is 11.4 Å². The molecule has 0 saturated carbocycles. The summed E-state index contributed by atoms with van der Waals surface area (Å²) >= 11 is 1.43. The van der Waals surface area contributed by atoms with Gasteiger partial charge in [0.2, 0.25) is 0 Å². The van der Waals surface area contributed by atoms with Gasteiger partial charge in [-0.3, -0.25) is 10.1 Å². The van der Waals surface area contributed by atoms with Crippen LogP contribution in [-0.4, -0.2) is 19.1 Å². The lowest BCUT2D eigenvalue weighted by Gasteiger charge is -2.19. The van der Waals surface area contributed by atoms with Gasteiger partial charge >= 0.3 is 5.97 Å². The number of nitrogens with zero attached hydrogens (tertiary/aromatic N) is 1. The van der Waals surface area contributed by atoms with Crippen LogP contribution in [0.3, 0.4) is 0 Å². The fourth-order valence-corrected chi connectivity index (χ4v) is 2.22. The lowest BCUT2D eigenvalue weighted by molar-refractivity contribution is -0.144. The maximum Gasteiger partial charge on any atom is 0.323 e. The van der Waals surface area contributed by atoms with E-state index in [1.807, 2.05) is 19.9 Å². The van der Waals surface area contributed by atoms with Crippen LogP contribution in [0, 0.1) is 17.2 Å². The van der Waals surface area contributed by atoms with Gasteiger partial charge in [-0.2, -0.15) is 5.26 Å². The first-order valence-electron chi connectivity index (χ1n) is 5.38. The maximum absolute atomic E-state index is 11.5. The smallest absolute Gasteiger partial charge is 0.323 e. The number of esters is 1. The molecule has 1 aromatic heterocycles. The standard InChI is InChI=1S/C12H16N2O2S/c1-8(2)11(12(15)16-3)14-7-10-5-4-9(6-13)17-10/h4-5,8,11,14H,7H2,1-3H3/t11-/m0/s1. The molecule has 0 aliphatic heterocycles. The predicted molar refractivity (Wildman–Crippen MR) is 66.5 cm³/mol. The second kappa shape index (κ2) is 6.38. The second-order valence-corrected chi connectivity index (χ2v) is 5.17. The van der Waals surface area contributed by atoms with Crippen molar-refractivity contribution < 1.29 is 9.53 Å². The van der Waals surface area contributed by atoms with E-state index in [2.05, 4.69) is 11.4 Å². The Morgan fingerprint density at radius 1 is 1.59 bits per heavy atom. The second-order valence-electron chi connectivity index (χ2n) is 4.00. The van der Waals surface area contributed by atoms with E-state index < -0.39 is 0 Å². The molecule has 1 heterocycles. The normalized spacial score (nSPS) is 12.2. The van der Waals surface area contributed by atoms with Gasteiger partial charge in [0.05, 0.1) is 7.11 Å². The third-order valence-electron chi connectivity index (χ3n) is 2.39. The minimum atomic E-state index is -0.312. The van der Waals surface area contributed by atoms with Crippen molar-refractivity contribution in [3.8, 4) is 6.07 Å². The third-order valence-corrected chi connectivity index (χ3v) is 3.38. The first-order valence-corrected chi connectivity index (χ1v) is 6.20. The maximum atomic E-state index is 11.5. The van der Waals surface area contributed by atoms with Gasteiger partial charge in [0.15, 0.2) is 0 Å². The van der Waals surface area contributed by atoms with Crippen LogP contribution in [0.2, 0.25) is 0 Å². The van der Waals surface area contributed by atoms with Gasteiger partial charge in [-0.25, -0.2) is 0 Å². The van der Waals surface area contributed by atoms with Crippen LogP contribution in [0.5, 0.6) is 0 Å². The summed E-state index contributed by atoms with van der Waals surface area (Å²) in [5.41, 5.74) is 0. The summed E-state index contributed by atoms with van der Waals surface area (Å²) in [6.07, 6.45) is 0. The molecule has 0 saturated heterocycles. The molecule has 0 aliphatic rings. The highest BCUT2D eigenvalue weighted by Gasteiger charge is 2.22. The number of carbonyl (C=O) groups is 1. The number of ether oxygens (including phenoxy) is 1. The van der Waals surface area contributed by atoms with E-state index in [1.165, 1.54) is 18.4 Å². The van der Waals surface area contributed by atoms with Crippen LogP contribution >= 0.6 is 11.3 Å². The highest BCUT2D eigenvalue weighted by molar-refractivity contribution is 7.12. The molecular weight excluding hydrogens is 236 g/mol. The van der Waals surface area contributed by atoms with Gasteiger partial charge < -0.3 is 4.74 Å². The number of nitriles is 1. The molecule has 4 nitrogen and oxygen atoms in total. The molecule has 0 bridgehead atoms. The molecule has 1 N–H and O–H groups in total. The molecule has 1 aromatic rings. The zero-order valence-electron chi connectivity index (χ0n) is 10.2. The Morgan fingerprint density at radius 2 is 2.29 bits per heavy atom. The zero-order chi connectivity index (χ0) is 12.8. The van der Waals surface area contributed by atoms with Gasteiger partial charge in [-0.05, 0) is 18.1 Å². The monoisotopic (exact) mass is 252 g/mol. The van der Waals surface area contributed by atoms with E-state index in [9.17, 15) is 4.79 Å². The molecule has 0 aromatic carbocycles. The summed E-state index contributed by atoms with van der Waals surface area (Å²) in [5, 5.41) is 11.9. The largest absolute Gasteiger partial charge is 0.468 e. The van der Waals surface area contributed by atoms with Crippen molar-refractivity contribution in [1.29, 1.82) is 5.26 Å². The van der Waals surface area contributed by atoms with Crippen molar-refractivity contribution in [2.24, 2.45) is 5.92 Å². The lowest BCUT2D eigenvalue weighted by Crippen LogP contribution is -2.41. The third kappa shape index (κ3) is 3.84. The van der Waals surface area contributed by atoms with Crippen LogP contribution in [0.15, 0.2) is 12.1 Å². The molecule has 1 rings (SSSR count). The predicted octanol–water partition coefficient (Wildman–Crippen LogP) is 1.91. The average Bonchev–Trinajstić information content (AvgIpc) is 2.76. The van der Waals surface area contributed by atoms with E-state index in [0.29, 0.717) is 11.4 Å². The first kappa shape index (κ1) is 13.7. The van der Waals surface area contributed by atoms with Gasteiger partial charge in [0.1, 0.15) is 17.0 Å². The summed E-state index contributed by atoms with van der Waals surface area (Å²) < 4.78 is 4.74. The van der Waals surface area contributed by atoms with Crippen molar-refractivity contribution in [2.75, 3.05) is 7.11 Å². The van der Waals surface area contributed by atoms with Crippen LogP contribution in [-0.2, 0) is 16.1 Å². The van der Waals surface area contributed by atoms with Crippen LogP contribution in [0.4, 0.5) is 0 Å². The van der Waals surface area contributed by atoms with Gasteiger partial charge in [0.25, 0.3) is 0 Å². The zero-order valence-corrected chi connectivity index (χ0v) is 11.0. The van der Waals surface area contributed by atoms with Crippen LogP contribution in [0.1, 0.15) is 23.6 Å². The van der Waals surface area contributed by atoms with Crippen molar-refractivity contribution in [3.05, 3.63) is 21.9 Å². The molecule has 0 amide bonds. The Morgan fingerprint density at radius 3 is 2.76 bits per heavy atom. The Balaban J connectivity index is 2.58. The Kier molecular flexibility index (Phi) is 5.13. The van der Waals surface area contributed by atoms with E-state index in [1.54, 1.807) is 6.07 Å². The Hall–Kier alpha value is -1.38. The highest BCUT2D eigenvalue weighted by Crippen LogP contribution is 2.15. The number of hydrogen-bond acceptors (Lipinski definition) is 5. The number of methoxy groups -OCH3 is 1. The molecule has 92 valence electrons. The quantitative estimate of drug-likeness (QED) is 0.813. The molecule has 0 fully saturated rings. The molecule has 17 heavy (non-hydrogen) atoms. The summed E-state index contributed by atoms with van der Waals surface area (Å²) in [6, 6.07) is 5.45. The minimum Gasteiger partial charge on any atom is -0.468 e. The fourth-order valence-electron chi connectivity index (χ4n) is 1.46. The van der Waals surface area contributed by atoms with Crippen molar-refractivity contribution in [3.63, 3.8) is 0 Å². The number of nitrogens with one attached hydrogen (secondary N) is 1. The summed E-state index contributed by atoms with van der Waals surface area (Å²) in [5.74, 6) is -0.0880. The van der Waals surface area contributed by atoms with E-state index in [4.69, 9.17) is 10.00 Å². The number of hydrogen-bond donors (Lipinski definition) is 1. The lowest BCUT2D eigenvalue weighted by atomic mass is 10.0. The Labute approximate surface area is 105 Å². The molecule has 0 unspecified atom stereocenters. The Bertz CT molecular complexity index is 420. The molecule has 5 heteroatoms. The molecule has 0 spiro atoms.